The molecular formula is C23H20N2O2. The highest BCUT2D eigenvalue weighted by Gasteiger charge is 2.32. The first-order valence-corrected chi connectivity index (χ1v) is 9.43. The number of rotatable bonds is 2. The van der Waals surface area contributed by atoms with E-state index in [0.717, 1.165) is 44.8 Å². The second-order valence-corrected chi connectivity index (χ2v) is 7.70. The third-order valence-electron chi connectivity index (χ3n) is 5.29. The number of carbonyl (C=O) groups excluding carboxylic acids is 1. The molecule has 0 spiro atoms. The van der Waals surface area contributed by atoms with Gasteiger partial charge >= 0.3 is 5.97 Å². The lowest BCUT2D eigenvalue weighted by Gasteiger charge is -2.28. The summed E-state index contributed by atoms with van der Waals surface area (Å²) in [7, 11) is 0. The molecule has 4 aromatic rings. The molecule has 0 amide bonds. The molecule has 4 nitrogen and oxygen atoms in total. The molecule has 0 radical (unpaired) electrons. The molecule has 0 saturated carbocycles. The van der Waals surface area contributed by atoms with E-state index in [0.29, 0.717) is 18.1 Å². The van der Waals surface area contributed by atoms with Gasteiger partial charge in [-0.3, -0.25) is 4.79 Å². The summed E-state index contributed by atoms with van der Waals surface area (Å²) < 4.78 is 5.77. The number of ether oxygens (including phenoxy) is 1. The summed E-state index contributed by atoms with van der Waals surface area (Å²) in [6.07, 6.45) is 1.32. The smallest absolute Gasteiger partial charge is 0.311 e. The van der Waals surface area contributed by atoms with Gasteiger partial charge in [-0.15, -0.1) is 0 Å². The van der Waals surface area contributed by atoms with Gasteiger partial charge in [0, 0.05) is 22.3 Å². The highest BCUT2D eigenvalue weighted by atomic mass is 16.5. The standard InChI is InChI=1S/C23H20N2O2/c1-13(2)11-14-12-19(26)27-23-16-8-4-3-7-15(16)21-22(20(14)23)25-18-10-6-5-9-17(18)24-21/h3-10,13-14H,11-12H2,1-2H3. The van der Waals surface area contributed by atoms with Gasteiger partial charge in [0.15, 0.2) is 0 Å². The molecule has 0 saturated heterocycles. The number of aromatic nitrogens is 2. The van der Waals surface area contributed by atoms with Crippen molar-refractivity contribution in [2.45, 2.75) is 32.6 Å². The van der Waals surface area contributed by atoms with E-state index in [1.54, 1.807) is 0 Å². The van der Waals surface area contributed by atoms with Crippen molar-refractivity contribution in [2.75, 3.05) is 0 Å². The predicted octanol–water partition coefficient (Wildman–Crippen LogP) is 5.38. The monoisotopic (exact) mass is 356 g/mol. The summed E-state index contributed by atoms with van der Waals surface area (Å²) in [6, 6.07) is 15.9. The first-order valence-electron chi connectivity index (χ1n) is 9.43. The Bertz CT molecular complexity index is 1210. The van der Waals surface area contributed by atoms with Crippen LogP contribution < -0.4 is 4.74 Å². The fourth-order valence-corrected chi connectivity index (χ4v) is 4.23. The Balaban J connectivity index is 1.96. The van der Waals surface area contributed by atoms with Gasteiger partial charge in [0.25, 0.3) is 0 Å². The lowest BCUT2D eigenvalue weighted by Crippen LogP contribution is -2.22. The van der Waals surface area contributed by atoms with Crippen molar-refractivity contribution in [1.29, 1.82) is 0 Å². The second-order valence-electron chi connectivity index (χ2n) is 7.70. The van der Waals surface area contributed by atoms with Crippen molar-refractivity contribution < 1.29 is 9.53 Å². The zero-order valence-corrected chi connectivity index (χ0v) is 15.4. The highest BCUT2D eigenvalue weighted by Crippen LogP contribution is 2.46. The Morgan fingerprint density at radius 1 is 0.963 bits per heavy atom. The van der Waals surface area contributed by atoms with Crippen LogP contribution in [0.2, 0.25) is 0 Å². The van der Waals surface area contributed by atoms with Gasteiger partial charge in [0.2, 0.25) is 0 Å². The second kappa shape index (κ2) is 6.02. The lowest BCUT2D eigenvalue weighted by molar-refractivity contribution is -0.135. The van der Waals surface area contributed by atoms with Crippen molar-refractivity contribution in [3.63, 3.8) is 0 Å². The summed E-state index contributed by atoms with van der Waals surface area (Å²) >= 11 is 0. The van der Waals surface area contributed by atoms with Gasteiger partial charge in [-0.25, -0.2) is 9.97 Å². The Morgan fingerprint density at radius 3 is 2.30 bits per heavy atom. The molecule has 1 unspecified atom stereocenters. The van der Waals surface area contributed by atoms with Crippen molar-refractivity contribution in [1.82, 2.24) is 9.97 Å². The van der Waals surface area contributed by atoms with E-state index < -0.39 is 0 Å². The molecule has 0 fully saturated rings. The maximum absolute atomic E-state index is 12.4. The molecule has 1 atom stereocenters. The topological polar surface area (TPSA) is 52.1 Å². The quantitative estimate of drug-likeness (QED) is 0.210. The largest absolute Gasteiger partial charge is 0.425 e. The van der Waals surface area contributed by atoms with Gasteiger partial charge in [0.1, 0.15) is 5.75 Å². The Kier molecular flexibility index (Phi) is 3.61. The summed E-state index contributed by atoms with van der Waals surface area (Å²) in [5, 5.41) is 1.91. The highest BCUT2D eigenvalue weighted by molar-refractivity contribution is 6.12. The van der Waals surface area contributed by atoms with Crippen molar-refractivity contribution in [3.05, 3.63) is 54.1 Å². The molecule has 27 heavy (non-hydrogen) atoms. The Labute approximate surface area is 157 Å². The predicted molar refractivity (Wildman–Crippen MR) is 107 cm³/mol. The van der Waals surface area contributed by atoms with Gasteiger partial charge in [0.05, 0.1) is 28.5 Å². The SMILES string of the molecule is CC(C)CC1CC(=O)Oc2c1c1nc3ccccc3nc1c1ccccc21. The Morgan fingerprint density at radius 2 is 1.59 bits per heavy atom. The number of hydrogen-bond acceptors (Lipinski definition) is 4. The molecule has 2 heterocycles. The van der Waals surface area contributed by atoms with Gasteiger partial charge in [-0.1, -0.05) is 50.2 Å². The maximum atomic E-state index is 12.4. The summed E-state index contributed by atoms with van der Waals surface area (Å²) in [6.45, 7) is 4.37. The number of carbonyl (C=O) groups is 1. The minimum Gasteiger partial charge on any atom is -0.425 e. The molecule has 0 aliphatic carbocycles. The number of benzene rings is 3. The number of para-hydroxylation sites is 2. The fraction of sp³-hybridized carbons (Fsp3) is 0.261. The molecule has 1 aliphatic rings. The number of hydrogen-bond donors (Lipinski definition) is 0. The van der Waals surface area contributed by atoms with Crippen LogP contribution in [0, 0.1) is 5.92 Å². The molecule has 0 N–H and O–H groups in total. The van der Waals surface area contributed by atoms with Crippen LogP contribution >= 0.6 is 0 Å². The first-order chi connectivity index (χ1) is 13.1. The summed E-state index contributed by atoms with van der Waals surface area (Å²) in [5.74, 6) is 1.09. The van der Waals surface area contributed by atoms with Gasteiger partial charge in [-0.2, -0.15) is 0 Å². The molecule has 5 rings (SSSR count). The summed E-state index contributed by atoms with van der Waals surface area (Å²) in [4.78, 5) is 22.3. The van der Waals surface area contributed by atoms with E-state index in [1.807, 2.05) is 48.5 Å². The Hall–Kier alpha value is -3.01. The molecule has 1 aliphatic heterocycles. The van der Waals surface area contributed by atoms with E-state index in [-0.39, 0.29) is 11.9 Å². The summed E-state index contributed by atoms with van der Waals surface area (Å²) in [5.41, 5.74) is 4.52. The average molecular weight is 356 g/mol. The van der Waals surface area contributed by atoms with E-state index in [1.165, 1.54) is 0 Å². The fourth-order valence-electron chi connectivity index (χ4n) is 4.23. The third kappa shape index (κ3) is 2.55. The lowest BCUT2D eigenvalue weighted by atomic mass is 9.83. The van der Waals surface area contributed by atoms with Gasteiger partial charge < -0.3 is 4.74 Å². The number of esters is 1. The van der Waals surface area contributed by atoms with Crippen LogP contribution in [0.15, 0.2) is 48.5 Å². The average Bonchev–Trinajstić information content (AvgIpc) is 2.66. The molecule has 0 bridgehead atoms. The van der Waals surface area contributed by atoms with Crippen LogP contribution in [-0.4, -0.2) is 15.9 Å². The van der Waals surface area contributed by atoms with Crippen LogP contribution in [0.3, 0.4) is 0 Å². The van der Waals surface area contributed by atoms with E-state index in [4.69, 9.17) is 14.7 Å². The molecule has 3 aromatic carbocycles. The van der Waals surface area contributed by atoms with Crippen LogP contribution in [-0.2, 0) is 4.79 Å². The molecular weight excluding hydrogens is 336 g/mol. The van der Waals surface area contributed by atoms with Crippen molar-refractivity contribution >= 4 is 38.8 Å². The normalized spacial score (nSPS) is 16.9. The van der Waals surface area contributed by atoms with E-state index in [9.17, 15) is 4.79 Å². The van der Waals surface area contributed by atoms with E-state index in [2.05, 4.69) is 13.8 Å². The van der Waals surface area contributed by atoms with Crippen molar-refractivity contribution in [3.8, 4) is 5.75 Å². The number of fused-ring (bicyclic) bond motifs is 7. The molecule has 4 heteroatoms. The van der Waals surface area contributed by atoms with Crippen LogP contribution in [0.25, 0.3) is 32.8 Å². The van der Waals surface area contributed by atoms with Gasteiger partial charge in [-0.05, 0) is 24.5 Å². The third-order valence-corrected chi connectivity index (χ3v) is 5.29. The molecule has 1 aromatic heterocycles. The zero-order chi connectivity index (χ0) is 18.5. The van der Waals surface area contributed by atoms with E-state index >= 15 is 0 Å². The van der Waals surface area contributed by atoms with Crippen LogP contribution in [0.1, 0.15) is 38.2 Å². The van der Waals surface area contributed by atoms with Crippen LogP contribution in [0.4, 0.5) is 0 Å². The zero-order valence-electron chi connectivity index (χ0n) is 15.4. The maximum Gasteiger partial charge on any atom is 0.311 e. The minimum atomic E-state index is -0.161. The minimum absolute atomic E-state index is 0.101. The molecule has 134 valence electrons. The van der Waals surface area contributed by atoms with Crippen LogP contribution in [0.5, 0.6) is 5.75 Å². The van der Waals surface area contributed by atoms with Crippen molar-refractivity contribution in [2.24, 2.45) is 5.92 Å². The number of nitrogens with zero attached hydrogens (tertiary/aromatic N) is 2. The first kappa shape index (κ1) is 16.2.